The third kappa shape index (κ3) is 5.93. The molecule has 5 rings (SSSR count). The van der Waals surface area contributed by atoms with Gasteiger partial charge in [0.15, 0.2) is 0 Å². The predicted octanol–water partition coefficient (Wildman–Crippen LogP) is 10.9. The van der Waals surface area contributed by atoms with E-state index in [4.69, 9.17) is 0 Å². The maximum absolute atomic E-state index is 2.58. The molecule has 34 heavy (non-hydrogen) atoms. The van der Waals surface area contributed by atoms with Crippen molar-refractivity contribution in [2.75, 3.05) is 0 Å². The van der Waals surface area contributed by atoms with Crippen LogP contribution >= 0.6 is 0 Å². The Morgan fingerprint density at radius 3 is 1.97 bits per heavy atom. The Hall–Kier alpha value is 0. The fraction of sp³-hybridized carbons (Fsp3) is 1.00. The Bertz CT molecular complexity index is 577. The summed E-state index contributed by atoms with van der Waals surface area (Å²) in [6.07, 6.45) is 27.4. The number of fused-ring (bicyclic) bond motifs is 2. The molecule has 0 nitrogen and oxygen atoms in total. The topological polar surface area (TPSA) is 0 Å². The smallest absolute Gasteiger partial charge is 0.0321 e. The molecule has 198 valence electrons. The lowest BCUT2D eigenvalue weighted by molar-refractivity contribution is -0.0169. The van der Waals surface area contributed by atoms with Crippen molar-refractivity contribution in [3.63, 3.8) is 0 Å². The highest BCUT2D eigenvalue weighted by molar-refractivity contribution is 4.97. The minimum atomic E-state index is 1.00. The molecule has 0 heteroatoms. The molecule has 5 fully saturated rings. The summed E-state index contributed by atoms with van der Waals surface area (Å²) in [6.45, 7) is 12.4. The van der Waals surface area contributed by atoms with Crippen molar-refractivity contribution in [2.24, 2.45) is 65.1 Å². The van der Waals surface area contributed by atoms with Crippen molar-refractivity contribution < 1.29 is 0 Å². The Balaban J connectivity index is 0.000000172. The van der Waals surface area contributed by atoms with Crippen LogP contribution < -0.4 is 0 Å². The maximum Gasteiger partial charge on any atom is -0.0321 e. The highest BCUT2D eigenvalue weighted by Crippen LogP contribution is 2.56. The van der Waals surface area contributed by atoms with Crippen LogP contribution in [0.25, 0.3) is 0 Å². The van der Waals surface area contributed by atoms with E-state index in [2.05, 4.69) is 34.6 Å². The van der Waals surface area contributed by atoms with Gasteiger partial charge < -0.3 is 0 Å². The van der Waals surface area contributed by atoms with Gasteiger partial charge in [0.05, 0.1) is 0 Å². The first-order valence-corrected chi connectivity index (χ1v) is 16.6. The molecular formula is C34H62. The summed E-state index contributed by atoms with van der Waals surface area (Å²) in [5.41, 5.74) is 0. The van der Waals surface area contributed by atoms with Gasteiger partial charge in [0.1, 0.15) is 0 Å². The molecule has 11 atom stereocenters. The minimum Gasteiger partial charge on any atom is -0.0654 e. The SMILES string of the molecule is CCC1CCCCC1C1C(CC)C(C)CC2CCCC21.CCCC1CCC2CCCCC2C1C. The Labute approximate surface area is 215 Å². The first-order chi connectivity index (χ1) is 16.6. The van der Waals surface area contributed by atoms with Crippen LogP contribution in [0.15, 0.2) is 0 Å². The summed E-state index contributed by atoms with van der Waals surface area (Å²) >= 11 is 0. The lowest BCUT2D eigenvalue weighted by Gasteiger charge is -2.51. The highest BCUT2D eigenvalue weighted by atomic mass is 14.5. The van der Waals surface area contributed by atoms with E-state index in [1.807, 2.05) is 0 Å². The fourth-order valence-electron chi connectivity index (χ4n) is 10.9. The summed E-state index contributed by atoms with van der Waals surface area (Å²) in [5.74, 6) is 11.9. The second kappa shape index (κ2) is 13.0. The van der Waals surface area contributed by atoms with Crippen molar-refractivity contribution >= 4 is 0 Å². The van der Waals surface area contributed by atoms with Crippen LogP contribution in [0.5, 0.6) is 0 Å². The summed E-state index contributed by atoms with van der Waals surface area (Å²) in [5, 5.41) is 0. The first-order valence-electron chi connectivity index (χ1n) is 16.6. The second-order valence-corrected chi connectivity index (χ2v) is 14.0. The Morgan fingerprint density at radius 1 is 0.559 bits per heavy atom. The average Bonchev–Trinajstić information content (AvgIpc) is 3.33. The van der Waals surface area contributed by atoms with Crippen LogP contribution in [0.1, 0.15) is 150 Å². The van der Waals surface area contributed by atoms with Crippen LogP contribution in [0.3, 0.4) is 0 Å². The van der Waals surface area contributed by atoms with Crippen LogP contribution in [-0.4, -0.2) is 0 Å². The summed E-state index contributed by atoms with van der Waals surface area (Å²) in [4.78, 5) is 0. The molecular weight excluding hydrogens is 408 g/mol. The van der Waals surface area contributed by atoms with Crippen LogP contribution in [-0.2, 0) is 0 Å². The molecule has 0 saturated heterocycles. The van der Waals surface area contributed by atoms with E-state index < -0.39 is 0 Å². The molecule has 5 aliphatic carbocycles. The van der Waals surface area contributed by atoms with Gasteiger partial charge in [-0.25, -0.2) is 0 Å². The highest BCUT2D eigenvalue weighted by Gasteiger charge is 2.48. The summed E-state index contributed by atoms with van der Waals surface area (Å²) < 4.78 is 0. The van der Waals surface area contributed by atoms with Gasteiger partial charge in [-0.15, -0.1) is 0 Å². The van der Waals surface area contributed by atoms with Gasteiger partial charge in [0, 0.05) is 0 Å². The van der Waals surface area contributed by atoms with Gasteiger partial charge in [-0.05, 0) is 104 Å². The van der Waals surface area contributed by atoms with Gasteiger partial charge in [0.2, 0.25) is 0 Å². The van der Waals surface area contributed by atoms with Gasteiger partial charge in [-0.3, -0.25) is 0 Å². The molecule has 0 N–H and O–H groups in total. The molecule has 0 aromatic carbocycles. The van der Waals surface area contributed by atoms with Crippen molar-refractivity contribution in [1.82, 2.24) is 0 Å². The van der Waals surface area contributed by atoms with Gasteiger partial charge in [-0.2, -0.15) is 0 Å². The molecule has 5 aliphatic rings. The zero-order valence-electron chi connectivity index (χ0n) is 24.1. The molecule has 0 bridgehead atoms. The quantitative estimate of drug-likeness (QED) is 0.374. The molecule has 0 amide bonds. The van der Waals surface area contributed by atoms with E-state index in [0.717, 1.165) is 65.1 Å². The average molecular weight is 471 g/mol. The third-order valence-corrected chi connectivity index (χ3v) is 12.5. The monoisotopic (exact) mass is 470 g/mol. The van der Waals surface area contributed by atoms with Crippen LogP contribution in [0.2, 0.25) is 0 Å². The van der Waals surface area contributed by atoms with E-state index in [9.17, 15) is 0 Å². The zero-order valence-corrected chi connectivity index (χ0v) is 24.1. The van der Waals surface area contributed by atoms with E-state index in [0.29, 0.717) is 0 Å². The Morgan fingerprint density at radius 2 is 1.24 bits per heavy atom. The molecule has 11 unspecified atom stereocenters. The van der Waals surface area contributed by atoms with E-state index in [1.54, 1.807) is 57.8 Å². The van der Waals surface area contributed by atoms with Gasteiger partial charge >= 0.3 is 0 Å². The Kier molecular flexibility index (Phi) is 10.3. The van der Waals surface area contributed by atoms with Crippen LogP contribution in [0.4, 0.5) is 0 Å². The van der Waals surface area contributed by atoms with E-state index in [-0.39, 0.29) is 0 Å². The van der Waals surface area contributed by atoms with E-state index >= 15 is 0 Å². The second-order valence-electron chi connectivity index (χ2n) is 14.0. The number of hydrogen-bond donors (Lipinski definition) is 0. The molecule has 0 aromatic rings. The fourth-order valence-corrected chi connectivity index (χ4v) is 10.9. The maximum atomic E-state index is 2.58. The lowest BCUT2D eigenvalue weighted by atomic mass is 9.55. The summed E-state index contributed by atoms with van der Waals surface area (Å²) in [6, 6.07) is 0. The number of rotatable bonds is 5. The third-order valence-electron chi connectivity index (χ3n) is 12.5. The molecule has 0 aliphatic heterocycles. The summed E-state index contributed by atoms with van der Waals surface area (Å²) in [7, 11) is 0. The molecule has 0 radical (unpaired) electrons. The molecule has 5 saturated carbocycles. The van der Waals surface area contributed by atoms with E-state index in [1.165, 1.54) is 57.8 Å². The van der Waals surface area contributed by atoms with Crippen molar-refractivity contribution in [1.29, 1.82) is 0 Å². The largest absolute Gasteiger partial charge is 0.0654 e. The molecule has 0 spiro atoms. The lowest BCUT2D eigenvalue weighted by Crippen LogP contribution is -2.43. The van der Waals surface area contributed by atoms with Crippen LogP contribution in [0, 0.1) is 65.1 Å². The van der Waals surface area contributed by atoms with Gasteiger partial charge in [-0.1, -0.05) is 112 Å². The predicted molar refractivity (Wildman–Crippen MR) is 150 cm³/mol. The standard InChI is InChI=1S/C20H36.C14H26/c1-4-15-9-6-7-11-18(15)20-17(5-2)14(3)13-16-10-8-12-19(16)20;1-3-6-12-9-10-13-7-4-5-8-14(13)11(12)2/h14-20H,4-13H2,1-3H3;11-14H,3-10H2,1-2H3. The normalized spacial score (nSPS) is 46.7. The first kappa shape index (κ1) is 27.0. The minimum absolute atomic E-state index is 1.00. The van der Waals surface area contributed by atoms with Crippen molar-refractivity contribution in [3.05, 3.63) is 0 Å². The van der Waals surface area contributed by atoms with Crippen molar-refractivity contribution in [2.45, 2.75) is 150 Å². The zero-order chi connectivity index (χ0) is 24.1. The molecule has 0 aromatic heterocycles. The van der Waals surface area contributed by atoms with Crippen molar-refractivity contribution in [3.8, 4) is 0 Å². The number of hydrogen-bond acceptors (Lipinski definition) is 0. The van der Waals surface area contributed by atoms with Gasteiger partial charge in [0.25, 0.3) is 0 Å². The molecule has 0 heterocycles.